The third-order valence-electron chi connectivity index (χ3n) is 7.27. The first-order chi connectivity index (χ1) is 16.8. The summed E-state index contributed by atoms with van der Waals surface area (Å²) in [5, 5.41) is 13.4. The van der Waals surface area contributed by atoms with Gasteiger partial charge in [0.15, 0.2) is 0 Å². The summed E-state index contributed by atoms with van der Waals surface area (Å²) in [6.45, 7) is 0. The summed E-state index contributed by atoms with van der Waals surface area (Å²) in [7, 11) is 0. The van der Waals surface area contributed by atoms with Crippen molar-refractivity contribution in [2.75, 3.05) is 0 Å². The molecule has 158 valence electrons. The molecule has 0 aliphatic rings. The highest BCUT2D eigenvalue weighted by Crippen LogP contribution is 2.44. The molecular formula is C32H17BrS. The predicted molar refractivity (Wildman–Crippen MR) is 154 cm³/mol. The van der Waals surface area contributed by atoms with Crippen molar-refractivity contribution >= 4 is 90.5 Å². The van der Waals surface area contributed by atoms with Crippen molar-refractivity contribution in [3.63, 3.8) is 0 Å². The highest BCUT2D eigenvalue weighted by Gasteiger charge is 2.15. The van der Waals surface area contributed by atoms with Crippen LogP contribution in [0.15, 0.2) is 108 Å². The predicted octanol–water partition coefficient (Wildman–Crippen LogP) is 10.5. The van der Waals surface area contributed by atoms with E-state index < -0.39 is 0 Å². The molecule has 0 fully saturated rings. The van der Waals surface area contributed by atoms with E-state index in [0.717, 1.165) is 4.47 Å². The molecule has 0 amide bonds. The van der Waals surface area contributed by atoms with E-state index in [2.05, 4.69) is 119 Å². The van der Waals surface area contributed by atoms with Crippen molar-refractivity contribution in [3.05, 3.63) is 108 Å². The van der Waals surface area contributed by atoms with Gasteiger partial charge in [0.05, 0.1) is 0 Å². The normalized spacial score (nSPS) is 12.3. The maximum Gasteiger partial charge on any atom is 0.0356 e. The third kappa shape index (κ3) is 2.47. The van der Waals surface area contributed by atoms with Crippen LogP contribution in [0.25, 0.3) is 74.4 Å². The highest BCUT2D eigenvalue weighted by molar-refractivity contribution is 9.10. The summed E-state index contributed by atoms with van der Waals surface area (Å²) in [5.41, 5.74) is 2.57. The zero-order chi connectivity index (χ0) is 22.4. The van der Waals surface area contributed by atoms with Gasteiger partial charge in [-0.25, -0.2) is 0 Å². The Hall–Kier alpha value is -3.46. The van der Waals surface area contributed by atoms with Crippen LogP contribution in [0.5, 0.6) is 0 Å². The van der Waals surface area contributed by atoms with Crippen LogP contribution in [0.4, 0.5) is 0 Å². The van der Waals surface area contributed by atoms with Crippen LogP contribution in [0.1, 0.15) is 0 Å². The maximum atomic E-state index is 3.66. The smallest absolute Gasteiger partial charge is 0.0356 e. The summed E-state index contributed by atoms with van der Waals surface area (Å²) in [6, 6.07) is 38.3. The van der Waals surface area contributed by atoms with Crippen LogP contribution in [0.2, 0.25) is 0 Å². The first-order valence-corrected chi connectivity index (χ1v) is 13.1. The van der Waals surface area contributed by atoms with Gasteiger partial charge in [0.25, 0.3) is 0 Å². The lowest BCUT2D eigenvalue weighted by atomic mass is 9.87. The van der Waals surface area contributed by atoms with Crippen LogP contribution in [0, 0.1) is 0 Å². The molecule has 0 aliphatic carbocycles. The number of halogens is 1. The SMILES string of the molecule is Brc1ccc2sc3ccc(-c4ccc5c6cccc7cccc(c8cccc4c85)c76)cc3c2c1. The van der Waals surface area contributed by atoms with Gasteiger partial charge in [0, 0.05) is 24.6 Å². The lowest BCUT2D eigenvalue weighted by Gasteiger charge is -2.16. The topological polar surface area (TPSA) is 0 Å². The molecule has 0 unspecified atom stereocenters. The van der Waals surface area contributed by atoms with Crippen molar-refractivity contribution in [2.24, 2.45) is 0 Å². The lowest BCUT2D eigenvalue weighted by molar-refractivity contribution is 1.72. The largest absolute Gasteiger partial charge is 0.135 e. The fraction of sp³-hybridized carbons (Fsp3) is 0. The quantitative estimate of drug-likeness (QED) is 0.151. The Morgan fingerprint density at radius 1 is 0.471 bits per heavy atom. The second-order valence-corrected chi connectivity index (χ2v) is 11.1. The molecule has 0 saturated carbocycles. The van der Waals surface area contributed by atoms with Gasteiger partial charge in [-0.05, 0) is 84.5 Å². The Kier molecular flexibility index (Phi) is 3.78. The molecule has 34 heavy (non-hydrogen) atoms. The van der Waals surface area contributed by atoms with E-state index in [1.165, 1.54) is 74.4 Å². The van der Waals surface area contributed by atoms with Crippen LogP contribution in [0.3, 0.4) is 0 Å². The summed E-state index contributed by atoms with van der Waals surface area (Å²) in [5.74, 6) is 0. The van der Waals surface area contributed by atoms with E-state index in [1.807, 2.05) is 11.3 Å². The average molecular weight is 513 g/mol. The van der Waals surface area contributed by atoms with Crippen LogP contribution in [-0.2, 0) is 0 Å². The van der Waals surface area contributed by atoms with Gasteiger partial charge in [-0.15, -0.1) is 11.3 Å². The van der Waals surface area contributed by atoms with Crippen molar-refractivity contribution in [1.82, 2.24) is 0 Å². The van der Waals surface area contributed by atoms with Gasteiger partial charge < -0.3 is 0 Å². The zero-order valence-corrected chi connectivity index (χ0v) is 20.5. The summed E-state index contributed by atoms with van der Waals surface area (Å²) in [6.07, 6.45) is 0. The van der Waals surface area contributed by atoms with Crippen molar-refractivity contribution in [1.29, 1.82) is 0 Å². The van der Waals surface area contributed by atoms with E-state index in [4.69, 9.17) is 0 Å². The Bertz CT molecular complexity index is 2030. The summed E-state index contributed by atoms with van der Waals surface area (Å²) >= 11 is 5.52. The van der Waals surface area contributed by atoms with E-state index in [-0.39, 0.29) is 0 Å². The number of hydrogen-bond donors (Lipinski definition) is 0. The maximum absolute atomic E-state index is 3.66. The molecule has 2 heteroatoms. The third-order valence-corrected chi connectivity index (χ3v) is 8.91. The standard InChI is InChI=1S/C32H17BrS/c33-20-11-15-30-28(17-20)27-16-19(10-14-29(27)34-30)21-12-13-26-24-7-2-5-18-4-1-6-23(31(18)24)25-9-3-8-22(21)32(25)26/h1-17H. The van der Waals surface area contributed by atoms with E-state index in [0.29, 0.717) is 0 Å². The summed E-state index contributed by atoms with van der Waals surface area (Å²) in [4.78, 5) is 0. The fourth-order valence-corrected chi connectivity index (χ4v) is 7.24. The number of fused-ring (bicyclic) bond motifs is 5. The molecule has 0 N–H and O–H groups in total. The first-order valence-electron chi connectivity index (χ1n) is 11.5. The highest BCUT2D eigenvalue weighted by atomic mass is 79.9. The first kappa shape index (κ1) is 18.9. The van der Waals surface area contributed by atoms with Crippen molar-refractivity contribution < 1.29 is 0 Å². The molecule has 1 aromatic heterocycles. The Labute approximate surface area is 208 Å². The van der Waals surface area contributed by atoms with Crippen molar-refractivity contribution in [3.8, 4) is 11.1 Å². The minimum Gasteiger partial charge on any atom is -0.135 e. The van der Waals surface area contributed by atoms with Gasteiger partial charge in [0.1, 0.15) is 0 Å². The molecule has 0 nitrogen and oxygen atoms in total. The average Bonchev–Trinajstić information content (AvgIpc) is 3.24. The molecule has 0 radical (unpaired) electrons. The molecule has 1 heterocycles. The molecule has 0 atom stereocenters. The van der Waals surface area contributed by atoms with E-state index in [1.54, 1.807) is 0 Å². The van der Waals surface area contributed by atoms with E-state index in [9.17, 15) is 0 Å². The minimum atomic E-state index is 1.12. The van der Waals surface area contributed by atoms with Crippen LogP contribution >= 0.6 is 27.3 Å². The Morgan fingerprint density at radius 3 is 1.88 bits per heavy atom. The van der Waals surface area contributed by atoms with Crippen LogP contribution in [-0.4, -0.2) is 0 Å². The zero-order valence-electron chi connectivity index (χ0n) is 18.1. The van der Waals surface area contributed by atoms with Gasteiger partial charge >= 0.3 is 0 Å². The number of benzene rings is 7. The lowest BCUT2D eigenvalue weighted by Crippen LogP contribution is -1.89. The molecule has 0 bridgehead atoms. The van der Waals surface area contributed by atoms with Crippen molar-refractivity contribution in [2.45, 2.75) is 0 Å². The molecule has 8 rings (SSSR count). The molecule has 0 saturated heterocycles. The van der Waals surface area contributed by atoms with E-state index >= 15 is 0 Å². The number of hydrogen-bond acceptors (Lipinski definition) is 1. The Balaban J connectivity index is 1.50. The summed E-state index contributed by atoms with van der Waals surface area (Å²) < 4.78 is 3.79. The minimum absolute atomic E-state index is 1.12. The second kappa shape index (κ2) is 6.79. The van der Waals surface area contributed by atoms with Gasteiger partial charge in [-0.3, -0.25) is 0 Å². The molecule has 0 aliphatic heterocycles. The van der Waals surface area contributed by atoms with Crippen LogP contribution < -0.4 is 0 Å². The van der Waals surface area contributed by atoms with Gasteiger partial charge in [0.2, 0.25) is 0 Å². The molecular weight excluding hydrogens is 496 g/mol. The number of rotatable bonds is 1. The van der Waals surface area contributed by atoms with Gasteiger partial charge in [-0.1, -0.05) is 88.7 Å². The number of thiophene rings is 1. The molecule has 8 aromatic rings. The second-order valence-electron chi connectivity index (χ2n) is 9.05. The Morgan fingerprint density at radius 2 is 1.09 bits per heavy atom. The van der Waals surface area contributed by atoms with Gasteiger partial charge in [-0.2, -0.15) is 0 Å². The monoisotopic (exact) mass is 512 g/mol. The molecule has 7 aromatic carbocycles. The fourth-order valence-electron chi connectivity index (χ4n) is 5.81. The molecule has 0 spiro atoms.